The number of amides is 3. The molecule has 0 aromatic heterocycles. The lowest BCUT2D eigenvalue weighted by Gasteiger charge is -2.20. The second kappa shape index (κ2) is 10.2. The summed E-state index contributed by atoms with van der Waals surface area (Å²) in [5.41, 5.74) is 0.565. The fraction of sp³-hybridized carbons (Fsp3) is 0.579. The maximum absolute atomic E-state index is 12.0. The van der Waals surface area contributed by atoms with Crippen molar-refractivity contribution in [3.63, 3.8) is 0 Å². The number of nitrogens with one attached hydrogen (secondary N) is 3. The summed E-state index contributed by atoms with van der Waals surface area (Å²) in [7, 11) is 1.57. The molecule has 10 heteroatoms. The van der Waals surface area contributed by atoms with Crippen LogP contribution in [0, 0.1) is 0 Å². The maximum Gasteiger partial charge on any atom is 0.319 e. The first kappa shape index (κ1) is 21.8. The van der Waals surface area contributed by atoms with Crippen molar-refractivity contribution in [3.05, 3.63) is 29.3 Å². The highest BCUT2D eigenvalue weighted by atomic mass is 35.5. The van der Waals surface area contributed by atoms with Gasteiger partial charge in [0.15, 0.2) is 0 Å². The summed E-state index contributed by atoms with van der Waals surface area (Å²) in [5.74, 6) is -0.127. The Kier molecular flexibility index (Phi) is 7.68. The molecule has 1 aromatic rings. The van der Waals surface area contributed by atoms with Gasteiger partial charge in [0.1, 0.15) is 18.3 Å². The molecule has 3 amide bonds. The summed E-state index contributed by atoms with van der Waals surface area (Å²) in [6.45, 7) is 1.02. The lowest BCUT2D eigenvalue weighted by molar-refractivity contribution is -0.124. The van der Waals surface area contributed by atoms with E-state index in [1.807, 2.05) is 0 Å². The van der Waals surface area contributed by atoms with Crippen LogP contribution >= 0.6 is 11.6 Å². The standard InChI is InChI=1S/C19H26ClN3O6/c1-27-6-5-21-16(24)9-13-8-14-18(28-13)17(25)15(29-14)10-22-19(26)23-12-4-2-3-11(20)7-12/h2-4,7,13-15,17-18,25H,5-6,8-10H2,1H3,(H,21,24)(H2,22,23,26). The van der Waals surface area contributed by atoms with E-state index in [2.05, 4.69) is 16.0 Å². The van der Waals surface area contributed by atoms with Gasteiger partial charge in [0, 0.05) is 37.3 Å². The fourth-order valence-electron chi connectivity index (χ4n) is 3.52. The van der Waals surface area contributed by atoms with Gasteiger partial charge in [-0.2, -0.15) is 0 Å². The quantitative estimate of drug-likeness (QED) is 0.458. The molecule has 2 saturated heterocycles. The minimum absolute atomic E-state index is 0.127. The van der Waals surface area contributed by atoms with Gasteiger partial charge in [0.2, 0.25) is 5.91 Å². The van der Waals surface area contributed by atoms with Gasteiger partial charge in [0.05, 0.1) is 25.2 Å². The minimum Gasteiger partial charge on any atom is -0.388 e. The van der Waals surface area contributed by atoms with Crippen LogP contribution in [0.1, 0.15) is 12.8 Å². The number of aliphatic hydroxyl groups excluding tert-OH is 1. The van der Waals surface area contributed by atoms with E-state index in [9.17, 15) is 14.7 Å². The van der Waals surface area contributed by atoms with E-state index in [1.165, 1.54) is 0 Å². The molecule has 0 aliphatic carbocycles. The van der Waals surface area contributed by atoms with Crippen molar-refractivity contribution in [2.24, 2.45) is 0 Å². The zero-order valence-electron chi connectivity index (χ0n) is 16.1. The van der Waals surface area contributed by atoms with Crippen molar-refractivity contribution >= 4 is 29.2 Å². The second-order valence-electron chi connectivity index (χ2n) is 7.05. The van der Waals surface area contributed by atoms with Crippen molar-refractivity contribution < 1.29 is 28.9 Å². The van der Waals surface area contributed by atoms with Gasteiger partial charge in [-0.1, -0.05) is 17.7 Å². The summed E-state index contributed by atoms with van der Waals surface area (Å²) in [6.07, 6.45) is -1.84. The van der Waals surface area contributed by atoms with E-state index in [1.54, 1.807) is 31.4 Å². The zero-order valence-corrected chi connectivity index (χ0v) is 16.9. The van der Waals surface area contributed by atoms with Crippen LogP contribution in [0.2, 0.25) is 5.02 Å². The van der Waals surface area contributed by atoms with Crippen molar-refractivity contribution in [1.29, 1.82) is 0 Å². The summed E-state index contributed by atoms with van der Waals surface area (Å²) in [4.78, 5) is 23.9. The average molecular weight is 428 g/mol. The van der Waals surface area contributed by atoms with Gasteiger partial charge in [0.25, 0.3) is 0 Å². The van der Waals surface area contributed by atoms with Gasteiger partial charge in [-0.05, 0) is 18.2 Å². The molecule has 2 fully saturated rings. The first-order valence-corrected chi connectivity index (χ1v) is 9.89. The van der Waals surface area contributed by atoms with Gasteiger partial charge in [-0.15, -0.1) is 0 Å². The average Bonchev–Trinajstić information content (AvgIpc) is 3.19. The Morgan fingerprint density at radius 2 is 2.14 bits per heavy atom. The normalized spacial score (nSPS) is 28.0. The predicted molar refractivity (Wildman–Crippen MR) is 106 cm³/mol. The van der Waals surface area contributed by atoms with Crippen LogP contribution in [0.25, 0.3) is 0 Å². The monoisotopic (exact) mass is 427 g/mol. The SMILES string of the molecule is COCCNC(=O)CC1CC2OC(CNC(=O)Nc3cccc(Cl)c3)C(O)C2O1. The molecule has 2 aliphatic heterocycles. The molecule has 0 radical (unpaired) electrons. The van der Waals surface area contributed by atoms with Gasteiger partial charge < -0.3 is 35.3 Å². The molecule has 2 aliphatic rings. The summed E-state index contributed by atoms with van der Waals surface area (Å²) in [6, 6.07) is 6.37. The summed E-state index contributed by atoms with van der Waals surface area (Å²) < 4.78 is 16.5. The number of anilines is 1. The number of hydrogen-bond donors (Lipinski definition) is 4. The molecule has 0 saturated carbocycles. The molecule has 0 spiro atoms. The topological polar surface area (TPSA) is 118 Å². The third kappa shape index (κ3) is 6.03. The van der Waals surface area contributed by atoms with Crippen LogP contribution in [-0.2, 0) is 19.0 Å². The Morgan fingerprint density at radius 3 is 2.86 bits per heavy atom. The van der Waals surface area contributed by atoms with Crippen LogP contribution < -0.4 is 16.0 Å². The molecule has 160 valence electrons. The Labute approximate surface area is 174 Å². The van der Waals surface area contributed by atoms with Gasteiger partial charge in [-0.3, -0.25) is 4.79 Å². The highest BCUT2D eigenvalue weighted by Gasteiger charge is 2.50. The molecule has 2 heterocycles. The smallest absolute Gasteiger partial charge is 0.319 e. The third-order valence-corrected chi connectivity index (χ3v) is 5.10. The lowest BCUT2D eigenvalue weighted by atomic mass is 10.1. The van der Waals surface area contributed by atoms with Crippen LogP contribution in [0.5, 0.6) is 0 Å². The number of fused-ring (bicyclic) bond motifs is 1. The van der Waals surface area contributed by atoms with E-state index in [0.29, 0.717) is 30.3 Å². The second-order valence-corrected chi connectivity index (χ2v) is 7.49. The number of rotatable bonds is 8. The number of ether oxygens (including phenoxy) is 3. The number of carbonyl (C=O) groups excluding carboxylic acids is 2. The van der Waals surface area contributed by atoms with E-state index >= 15 is 0 Å². The van der Waals surface area contributed by atoms with Crippen molar-refractivity contribution in [2.75, 3.05) is 32.1 Å². The molecular formula is C19H26ClN3O6. The van der Waals surface area contributed by atoms with Crippen molar-refractivity contribution in [1.82, 2.24) is 10.6 Å². The lowest BCUT2D eigenvalue weighted by Crippen LogP contribution is -2.42. The highest BCUT2D eigenvalue weighted by Crippen LogP contribution is 2.35. The van der Waals surface area contributed by atoms with E-state index in [4.69, 9.17) is 25.8 Å². The largest absolute Gasteiger partial charge is 0.388 e. The Bertz CT molecular complexity index is 721. The molecule has 29 heavy (non-hydrogen) atoms. The first-order chi connectivity index (χ1) is 14.0. The minimum atomic E-state index is -0.881. The Balaban J connectivity index is 1.39. The van der Waals surface area contributed by atoms with Crippen molar-refractivity contribution in [3.8, 4) is 0 Å². The highest BCUT2D eigenvalue weighted by molar-refractivity contribution is 6.30. The molecule has 1 aromatic carbocycles. The summed E-state index contributed by atoms with van der Waals surface area (Å²) in [5, 5.41) is 19.1. The number of hydrogen-bond acceptors (Lipinski definition) is 6. The molecule has 5 atom stereocenters. The molecule has 4 N–H and O–H groups in total. The maximum atomic E-state index is 12.0. The number of halogens is 1. The molecule has 5 unspecified atom stereocenters. The number of benzene rings is 1. The van der Waals surface area contributed by atoms with Crippen molar-refractivity contribution in [2.45, 2.75) is 43.4 Å². The predicted octanol–water partition coefficient (Wildman–Crippen LogP) is 0.900. The summed E-state index contributed by atoms with van der Waals surface area (Å²) >= 11 is 5.89. The number of methoxy groups -OCH3 is 1. The fourth-order valence-corrected chi connectivity index (χ4v) is 3.71. The van der Waals surface area contributed by atoms with E-state index in [0.717, 1.165) is 0 Å². The number of carbonyl (C=O) groups is 2. The van der Waals surface area contributed by atoms with E-state index in [-0.39, 0.29) is 31.1 Å². The molecule has 0 bridgehead atoms. The number of aliphatic hydroxyl groups is 1. The molecule has 9 nitrogen and oxygen atoms in total. The Morgan fingerprint density at radius 1 is 1.31 bits per heavy atom. The van der Waals surface area contributed by atoms with Crippen LogP contribution in [-0.4, -0.2) is 74.4 Å². The first-order valence-electron chi connectivity index (χ1n) is 9.51. The van der Waals surface area contributed by atoms with E-state index < -0.39 is 24.3 Å². The van der Waals surface area contributed by atoms with Gasteiger partial charge in [-0.25, -0.2) is 4.79 Å². The van der Waals surface area contributed by atoms with Crippen LogP contribution in [0.4, 0.5) is 10.5 Å². The van der Waals surface area contributed by atoms with Crippen LogP contribution in [0.15, 0.2) is 24.3 Å². The van der Waals surface area contributed by atoms with Crippen LogP contribution in [0.3, 0.4) is 0 Å². The zero-order chi connectivity index (χ0) is 20.8. The molecular weight excluding hydrogens is 402 g/mol. The number of urea groups is 1. The van der Waals surface area contributed by atoms with Gasteiger partial charge >= 0.3 is 6.03 Å². The molecule has 3 rings (SSSR count). The Hall–Kier alpha value is -1.91. The third-order valence-electron chi connectivity index (χ3n) is 4.87.